The van der Waals surface area contributed by atoms with Crippen molar-refractivity contribution in [3.8, 4) is 11.3 Å². The van der Waals surface area contributed by atoms with E-state index in [1.807, 2.05) is 12.1 Å². The Morgan fingerprint density at radius 2 is 1.75 bits per heavy atom. The number of pyridine rings is 1. The zero-order valence-corrected chi connectivity index (χ0v) is 14.4. The molecule has 1 aromatic carbocycles. The van der Waals surface area contributed by atoms with Gasteiger partial charge in [-0.3, -0.25) is 9.78 Å². The minimum absolute atomic E-state index is 0.167. The van der Waals surface area contributed by atoms with Gasteiger partial charge in [-0.1, -0.05) is 57.6 Å². The van der Waals surface area contributed by atoms with Crippen molar-refractivity contribution >= 4 is 6.29 Å². The molecule has 128 valence electrons. The largest absolute Gasteiger partial charge is 0.298 e. The molecule has 0 bridgehead atoms. The van der Waals surface area contributed by atoms with Gasteiger partial charge in [0.1, 0.15) is 5.82 Å². The van der Waals surface area contributed by atoms with Crippen molar-refractivity contribution < 1.29 is 9.18 Å². The predicted octanol–water partition coefficient (Wildman–Crippen LogP) is 5.99. The number of carbonyl (C=O) groups excluding carboxylic acids is 1. The van der Waals surface area contributed by atoms with Crippen LogP contribution in [0.1, 0.15) is 67.8 Å². The molecule has 0 atom stereocenters. The molecular formula is C21H26FNO. The standard InChI is InChI=1S/C21H26FNO/c1-2-3-4-5-6-7-8-9-18-11-12-19(14-20(18)22)21-13-10-17(16-24)15-23-21/h10-16H,2-9H2,1H3. The first-order valence-corrected chi connectivity index (χ1v) is 8.94. The fourth-order valence-electron chi connectivity index (χ4n) is 2.83. The summed E-state index contributed by atoms with van der Waals surface area (Å²) in [5, 5.41) is 0. The smallest absolute Gasteiger partial charge is 0.151 e. The lowest BCUT2D eigenvalue weighted by atomic mass is 10.0. The second-order valence-electron chi connectivity index (χ2n) is 6.27. The lowest BCUT2D eigenvalue weighted by molar-refractivity contribution is 0.112. The van der Waals surface area contributed by atoms with Crippen molar-refractivity contribution in [1.29, 1.82) is 0 Å². The summed E-state index contributed by atoms with van der Waals surface area (Å²) in [5.74, 6) is -0.167. The second kappa shape index (κ2) is 9.96. The van der Waals surface area contributed by atoms with Gasteiger partial charge in [0.05, 0.1) is 5.69 Å². The van der Waals surface area contributed by atoms with Gasteiger partial charge in [-0.25, -0.2) is 4.39 Å². The Balaban J connectivity index is 1.86. The van der Waals surface area contributed by atoms with E-state index in [0.29, 0.717) is 11.3 Å². The molecule has 24 heavy (non-hydrogen) atoms. The molecule has 0 saturated carbocycles. The van der Waals surface area contributed by atoms with E-state index in [0.717, 1.165) is 30.3 Å². The van der Waals surface area contributed by atoms with Gasteiger partial charge in [0.2, 0.25) is 0 Å². The quantitative estimate of drug-likeness (QED) is 0.396. The summed E-state index contributed by atoms with van der Waals surface area (Å²) in [6, 6.07) is 8.74. The number of aldehydes is 1. The molecule has 0 fully saturated rings. The summed E-state index contributed by atoms with van der Waals surface area (Å²) in [6.07, 6.45) is 11.7. The van der Waals surface area contributed by atoms with Gasteiger partial charge >= 0.3 is 0 Å². The molecule has 0 saturated heterocycles. The van der Waals surface area contributed by atoms with Crippen LogP contribution in [0.5, 0.6) is 0 Å². The summed E-state index contributed by atoms with van der Waals surface area (Å²) in [7, 11) is 0. The molecule has 0 radical (unpaired) electrons. The van der Waals surface area contributed by atoms with Crippen LogP contribution in [-0.2, 0) is 6.42 Å². The maximum Gasteiger partial charge on any atom is 0.151 e. The molecule has 0 amide bonds. The molecule has 0 spiro atoms. The van der Waals surface area contributed by atoms with E-state index in [1.54, 1.807) is 18.2 Å². The summed E-state index contributed by atoms with van der Waals surface area (Å²) >= 11 is 0. The number of aromatic nitrogens is 1. The lowest BCUT2D eigenvalue weighted by Gasteiger charge is -2.07. The third kappa shape index (κ3) is 5.55. The molecule has 2 rings (SSSR count). The Morgan fingerprint density at radius 1 is 1.00 bits per heavy atom. The molecule has 1 aromatic heterocycles. The maximum absolute atomic E-state index is 14.3. The Bertz CT molecular complexity index is 637. The van der Waals surface area contributed by atoms with Crippen LogP contribution in [0.25, 0.3) is 11.3 Å². The van der Waals surface area contributed by atoms with Gasteiger partial charge in [-0.05, 0) is 36.6 Å². The van der Waals surface area contributed by atoms with E-state index in [-0.39, 0.29) is 5.82 Å². The van der Waals surface area contributed by atoms with E-state index in [4.69, 9.17) is 0 Å². The fourth-order valence-corrected chi connectivity index (χ4v) is 2.83. The molecule has 0 aliphatic carbocycles. The average Bonchev–Trinajstić information content (AvgIpc) is 2.62. The normalized spacial score (nSPS) is 10.8. The first kappa shape index (κ1) is 18.3. The lowest BCUT2D eigenvalue weighted by Crippen LogP contribution is -1.93. The molecule has 1 heterocycles. The fraction of sp³-hybridized carbons (Fsp3) is 0.429. The number of carbonyl (C=O) groups is 1. The molecule has 3 heteroatoms. The SMILES string of the molecule is CCCCCCCCCc1ccc(-c2ccc(C=O)cn2)cc1F. The van der Waals surface area contributed by atoms with Crippen LogP contribution in [0.2, 0.25) is 0 Å². The van der Waals surface area contributed by atoms with Crippen LogP contribution >= 0.6 is 0 Å². The van der Waals surface area contributed by atoms with Gasteiger partial charge in [-0.15, -0.1) is 0 Å². The minimum atomic E-state index is -0.167. The number of rotatable bonds is 10. The molecule has 0 unspecified atom stereocenters. The highest BCUT2D eigenvalue weighted by Gasteiger charge is 2.06. The maximum atomic E-state index is 14.3. The predicted molar refractivity (Wildman–Crippen MR) is 96.7 cm³/mol. The van der Waals surface area contributed by atoms with Crippen molar-refractivity contribution in [2.75, 3.05) is 0 Å². The third-order valence-corrected chi connectivity index (χ3v) is 4.32. The number of unbranched alkanes of at least 4 members (excludes halogenated alkanes) is 6. The summed E-state index contributed by atoms with van der Waals surface area (Å²) in [6.45, 7) is 2.22. The van der Waals surface area contributed by atoms with E-state index in [2.05, 4.69) is 11.9 Å². The van der Waals surface area contributed by atoms with Crippen LogP contribution in [0, 0.1) is 5.82 Å². The van der Waals surface area contributed by atoms with Gasteiger partial charge < -0.3 is 0 Å². The highest BCUT2D eigenvalue weighted by atomic mass is 19.1. The van der Waals surface area contributed by atoms with Gasteiger partial charge in [0.15, 0.2) is 6.29 Å². The Labute approximate surface area is 144 Å². The van der Waals surface area contributed by atoms with E-state index in [9.17, 15) is 9.18 Å². The molecular weight excluding hydrogens is 301 g/mol. The highest BCUT2D eigenvalue weighted by molar-refractivity contribution is 5.75. The monoisotopic (exact) mass is 327 g/mol. The Morgan fingerprint density at radius 3 is 2.38 bits per heavy atom. The third-order valence-electron chi connectivity index (χ3n) is 4.32. The summed E-state index contributed by atoms with van der Waals surface area (Å²) in [4.78, 5) is 14.9. The molecule has 0 aliphatic rings. The van der Waals surface area contributed by atoms with Crippen LogP contribution in [0.15, 0.2) is 36.5 Å². The van der Waals surface area contributed by atoms with E-state index in [1.165, 1.54) is 44.7 Å². The van der Waals surface area contributed by atoms with Crippen molar-refractivity contribution in [2.45, 2.75) is 58.3 Å². The number of hydrogen-bond donors (Lipinski definition) is 0. The molecule has 0 aliphatic heterocycles. The average molecular weight is 327 g/mol. The first-order valence-electron chi connectivity index (χ1n) is 8.94. The van der Waals surface area contributed by atoms with Gasteiger partial charge in [0, 0.05) is 17.3 Å². The van der Waals surface area contributed by atoms with Crippen molar-refractivity contribution in [3.05, 3.63) is 53.5 Å². The molecule has 2 aromatic rings. The van der Waals surface area contributed by atoms with Crippen LogP contribution in [-0.4, -0.2) is 11.3 Å². The first-order chi connectivity index (χ1) is 11.7. The van der Waals surface area contributed by atoms with Gasteiger partial charge in [-0.2, -0.15) is 0 Å². The number of nitrogens with zero attached hydrogens (tertiary/aromatic N) is 1. The van der Waals surface area contributed by atoms with E-state index >= 15 is 0 Å². The van der Waals surface area contributed by atoms with Crippen molar-refractivity contribution in [1.82, 2.24) is 4.98 Å². The van der Waals surface area contributed by atoms with Crippen molar-refractivity contribution in [2.24, 2.45) is 0 Å². The second-order valence-corrected chi connectivity index (χ2v) is 6.27. The summed E-state index contributed by atoms with van der Waals surface area (Å²) < 4.78 is 14.3. The number of hydrogen-bond acceptors (Lipinski definition) is 2. The van der Waals surface area contributed by atoms with Crippen LogP contribution < -0.4 is 0 Å². The molecule has 2 nitrogen and oxygen atoms in total. The van der Waals surface area contributed by atoms with Crippen molar-refractivity contribution in [3.63, 3.8) is 0 Å². The molecule has 0 N–H and O–H groups in total. The summed E-state index contributed by atoms with van der Waals surface area (Å²) in [5.41, 5.74) is 2.72. The van der Waals surface area contributed by atoms with Crippen LogP contribution in [0.4, 0.5) is 4.39 Å². The number of aryl methyl sites for hydroxylation is 1. The van der Waals surface area contributed by atoms with Gasteiger partial charge in [0.25, 0.3) is 0 Å². The Kier molecular flexibility index (Phi) is 7.60. The number of benzene rings is 1. The zero-order valence-electron chi connectivity index (χ0n) is 14.4. The number of halogens is 1. The Hall–Kier alpha value is -2.03. The highest BCUT2D eigenvalue weighted by Crippen LogP contribution is 2.21. The minimum Gasteiger partial charge on any atom is -0.298 e. The zero-order chi connectivity index (χ0) is 17.2. The topological polar surface area (TPSA) is 30.0 Å². The van der Waals surface area contributed by atoms with Crippen LogP contribution in [0.3, 0.4) is 0 Å². The van der Waals surface area contributed by atoms with E-state index < -0.39 is 0 Å².